The molecule has 0 spiro atoms. The van der Waals surface area contributed by atoms with E-state index >= 15 is 0 Å². The summed E-state index contributed by atoms with van der Waals surface area (Å²) in [6.45, 7) is 5.15. The van der Waals surface area contributed by atoms with E-state index in [4.69, 9.17) is 0 Å². The fourth-order valence-corrected chi connectivity index (χ4v) is 2.52. The lowest BCUT2D eigenvalue weighted by Gasteiger charge is -2.11. The topological polar surface area (TPSA) is 37.8 Å². The molecule has 0 atom stereocenters. The Morgan fingerprint density at radius 3 is 2.38 bits per heavy atom. The molecule has 21 heavy (non-hydrogen) atoms. The van der Waals surface area contributed by atoms with E-state index < -0.39 is 0 Å². The Hall–Kier alpha value is -2.42. The minimum atomic E-state index is 0.866. The van der Waals surface area contributed by atoms with Crippen molar-refractivity contribution >= 4 is 16.6 Å². The first-order valence-corrected chi connectivity index (χ1v) is 7.36. The molecule has 3 heteroatoms. The van der Waals surface area contributed by atoms with Gasteiger partial charge in [-0.3, -0.25) is 0 Å². The Labute approximate surface area is 125 Å². The summed E-state index contributed by atoms with van der Waals surface area (Å²) in [5.41, 5.74) is 3.31. The highest BCUT2D eigenvalue weighted by atomic mass is 15.2. The van der Waals surface area contributed by atoms with Crippen LogP contribution in [0.15, 0.2) is 48.5 Å². The molecule has 0 amide bonds. The molecule has 0 fully saturated rings. The van der Waals surface area contributed by atoms with Crippen LogP contribution in [0.25, 0.3) is 22.0 Å². The molecule has 0 bridgehead atoms. The maximum absolute atomic E-state index is 4.48. The number of anilines is 1. The molecule has 3 nitrogen and oxygen atoms in total. The molecule has 0 saturated heterocycles. The van der Waals surface area contributed by atoms with Gasteiger partial charge in [0.2, 0.25) is 0 Å². The molecular formula is C18H19N3. The fraction of sp³-hybridized carbons (Fsp3) is 0.222. The molecular weight excluding hydrogens is 258 g/mol. The van der Waals surface area contributed by atoms with Crippen molar-refractivity contribution in [2.24, 2.45) is 0 Å². The number of fused-ring (bicyclic) bond motifs is 1. The van der Waals surface area contributed by atoms with Crippen LogP contribution in [0.3, 0.4) is 0 Å². The summed E-state index contributed by atoms with van der Waals surface area (Å²) in [5, 5.41) is 14.5. The number of nitrogens with one attached hydrogen (secondary N) is 1. The lowest BCUT2D eigenvalue weighted by atomic mass is 10.0. The van der Waals surface area contributed by atoms with Gasteiger partial charge in [-0.1, -0.05) is 55.5 Å². The molecule has 0 radical (unpaired) electrons. The third kappa shape index (κ3) is 2.59. The lowest BCUT2D eigenvalue weighted by molar-refractivity contribution is 0.952. The Kier molecular flexibility index (Phi) is 3.82. The number of benzene rings is 2. The summed E-state index contributed by atoms with van der Waals surface area (Å²) in [7, 11) is 0. The average molecular weight is 277 g/mol. The van der Waals surface area contributed by atoms with Crippen molar-refractivity contribution in [3.63, 3.8) is 0 Å². The van der Waals surface area contributed by atoms with Crippen LogP contribution in [-0.2, 0) is 0 Å². The van der Waals surface area contributed by atoms with Crippen LogP contribution < -0.4 is 5.32 Å². The quantitative estimate of drug-likeness (QED) is 0.766. The van der Waals surface area contributed by atoms with Gasteiger partial charge in [0.1, 0.15) is 5.69 Å². The molecule has 0 aliphatic rings. The second-order valence-electron chi connectivity index (χ2n) is 5.18. The zero-order valence-electron chi connectivity index (χ0n) is 12.4. The molecule has 2 aromatic carbocycles. The first-order valence-electron chi connectivity index (χ1n) is 7.36. The van der Waals surface area contributed by atoms with E-state index in [0.717, 1.165) is 40.8 Å². The molecule has 0 aliphatic carbocycles. The van der Waals surface area contributed by atoms with Gasteiger partial charge >= 0.3 is 0 Å². The van der Waals surface area contributed by atoms with Crippen LogP contribution in [0.1, 0.15) is 18.9 Å². The molecule has 0 aliphatic heterocycles. The minimum Gasteiger partial charge on any atom is -0.368 e. The number of hydrogen-bond acceptors (Lipinski definition) is 3. The van der Waals surface area contributed by atoms with E-state index in [1.165, 1.54) is 5.56 Å². The van der Waals surface area contributed by atoms with Gasteiger partial charge < -0.3 is 5.32 Å². The normalized spacial score (nSPS) is 10.8. The maximum Gasteiger partial charge on any atom is 0.156 e. The van der Waals surface area contributed by atoms with Crippen LogP contribution in [0, 0.1) is 6.92 Å². The van der Waals surface area contributed by atoms with Crippen molar-refractivity contribution < 1.29 is 0 Å². The van der Waals surface area contributed by atoms with Gasteiger partial charge in [-0.05, 0) is 18.9 Å². The second kappa shape index (κ2) is 5.92. The number of aromatic nitrogens is 2. The van der Waals surface area contributed by atoms with Gasteiger partial charge in [0.15, 0.2) is 5.82 Å². The molecule has 0 unspecified atom stereocenters. The summed E-state index contributed by atoms with van der Waals surface area (Å²) in [6, 6.07) is 16.6. The molecule has 1 aromatic heterocycles. The van der Waals surface area contributed by atoms with E-state index in [9.17, 15) is 0 Å². The van der Waals surface area contributed by atoms with Crippen LogP contribution in [0.4, 0.5) is 5.82 Å². The van der Waals surface area contributed by atoms with Crippen molar-refractivity contribution in [3.05, 3.63) is 54.1 Å². The summed E-state index contributed by atoms with van der Waals surface area (Å²) >= 11 is 0. The number of rotatable bonds is 4. The lowest BCUT2D eigenvalue weighted by Crippen LogP contribution is -2.04. The summed E-state index contributed by atoms with van der Waals surface area (Å²) in [4.78, 5) is 0. The Morgan fingerprint density at radius 2 is 1.62 bits per heavy atom. The van der Waals surface area contributed by atoms with Crippen LogP contribution in [-0.4, -0.2) is 16.7 Å². The summed E-state index contributed by atoms with van der Waals surface area (Å²) in [6.07, 6.45) is 1.07. The van der Waals surface area contributed by atoms with Crippen molar-refractivity contribution in [1.29, 1.82) is 0 Å². The highest BCUT2D eigenvalue weighted by Gasteiger charge is 2.11. The van der Waals surface area contributed by atoms with Crippen LogP contribution in [0.2, 0.25) is 0 Å². The molecule has 0 saturated carbocycles. The Balaban J connectivity index is 2.20. The van der Waals surface area contributed by atoms with E-state index in [0.29, 0.717) is 0 Å². The summed E-state index contributed by atoms with van der Waals surface area (Å²) < 4.78 is 0. The molecule has 3 rings (SSSR count). The van der Waals surface area contributed by atoms with E-state index in [1.54, 1.807) is 0 Å². The summed E-state index contributed by atoms with van der Waals surface area (Å²) in [5.74, 6) is 0.866. The highest BCUT2D eigenvalue weighted by Crippen LogP contribution is 2.31. The zero-order valence-corrected chi connectivity index (χ0v) is 12.4. The standard InChI is InChI=1S/C18H19N3/c1-3-12-19-18-16-11-7-6-10-15(16)17(20-21-18)14-9-5-4-8-13(14)2/h4-11H,3,12H2,1-2H3,(H,19,21). The van der Waals surface area contributed by atoms with Crippen molar-refractivity contribution in [2.75, 3.05) is 11.9 Å². The van der Waals surface area contributed by atoms with Gasteiger partial charge in [0.05, 0.1) is 0 Å². The predicted molar refractivity (Wildman–Crippen MR) is 88.5 cm³/mol. The SMILES string of the molecule is CCCNc1nnc(-c2ccccc2C)c2ccccc12. The van der Waals surface area contributed by atoms with E-state index in [-0.39, 0.29) is 0 Å². The minimum absolute atomic E-state index is 0.866. The van der Waals surface area contributed by atoms with Crippen molar-refractivity contribution in [1.82, 2.24) is 10.2 Å². The molecule has 106 valence electrons. The van der Waals surface area contributed by atoms with E-state index in [2.05, 4.69) is 59.7 Å². The third-order valence-corrected chi connectivity index (χ3v) is 3.63. The maximum atomic E-state index is 4.48. The zero-order chi connectivity index (χ0) is 14.7. The smallest absolute Gasteiger partial charge is 0.156 e. The second-order valence-corrected chi connectivity index (χ2v) is 5.18. The number of nitrogens with zero attached hydrogens (tertiary/aromatic N) is 2. The van der Waals surface area contributed by atoms with E-state index in [1.807, 2.05) is 18.2 Å². The predicted octanol–water partition coefficient (Wildman–Crippen LogP) is 4.43. The van der Waals surface area contributed by atoms with Gasteiger partial charge in [0, 0.05) is 22.9 Å². The van der Waals surface area contributed by atoms with Crippen LogP contribution in [0.5, 0.6) is 0 Å². The molecule has 1 heterocycles. The first kappa shape index (κ1) is 13.6. The van der Waals surface area contributed by atoms with Gasteiger partial charge in [-0.25, -0.2) is 0 Å². The number of aryl methyl sites for hydroxylation is 1. The van der Waals surface area contributed by atoms with Gasteiger partial charge in [-0.2, -0.15) is 0 Å². The highest BCUT2D eigenvalue weighted by molar-refractivity contribution is 6.00. The van der Waals surface area contributed by atoms with Crippen molar-refractivity contribution in [3.8, 4) is 11.3 Å². The first-order chi connectivity index (χ1) is 10.3. The third-order valence-electron chi connectivity index (χ3n) is 3.63. The largest absolute Gasteiger partial charge is 0.368 e. The molecule has 3 aromatic rings. The number of hydrogen-bond donors (Lipinski definition) is 1. The van der Waals surface area contributed by atoms with Crippen LogP contribution >= 0.6 is 0 Å². The average Bonchev–Trinajstić information content (AvgIpc) is 2.53. The van der Waals surface area contributed by atoms with Gasteiger partial charge in [0.25, 0.3) is 0 Å². The monoisotopic (exact) mass is 277 g/mol. The molecule has 1 N–H and O–H groups in total. The van der Waals surface area contributed by atoms with Gasteiger partial charge in [-0.15, -0.1) is 10.2 Å². The fourth-order valence-electron chi connectivity index (χ4n) is 2.52. The van der Waals surface area contributed by atoms with Crippen molar-refractivity contribution in [2.45, 2.75) is 20.3 Å². The Bertz CT molecular complexity index is 765. The Morgan fingerprint density at radius 1 is 0.905 bits per heavy atom.